The molecule has 32 heavy (non-hydrogen) atoms. The number of nitrogens with one attached hydrogen (secondary N) is 1. The van der Waals surface area contributed by atoms with Crippen molar-refractivity contribution in [1.29, 1.82) is 0 Å². The summed E-state index contributed by atoms with van der Waals surface area (Å²) in [5, 5.41) is 11.6. The van der Waals surface area contributed by atoms with Crippen molar-refractivity contribution in [3.8, 4) is 11.5 Å². The summed E-state index contributed by atoms with van der Waals surface area (Å²) in [6.07, 6.45) is 3.38. The van der Waals surface area contributed by atoms with E-state index in [9.17, 15) is 14.0 Å². The second-order valence-corrected chi connectivity index (χ2v) is 7.52. The fourth-order valence-electron chi connectivity index (χ4n) is 2.97. The van der Waals surface area contributed by atoms with Crippen LogP contribution in [0, 0.1) is 11.7 Å². The zero-order valence-corrected chi connectivity index (χ0v) is 17.1. The highest BCUT2D eigenvalue weighted by atomic mass is 19.1. The summed E-state index contributed by atoms with van der Waals surface area (Å²) in [6.45, 7) is 0.661. The van der Waals surface area contributed by atoms with Gasteiger partial charge >= 0.3 is 5.97 Å². The van der Waals surface area contributed by atoms with Crippen molar-refractivity contribution in [3.05, 3.63) is 83.3 Å². The molecule has 0 atom stereocenters. The zero-order valence-electron chi connectivity index (χ0n) is 17.1. The normalized spacial score (nSPS) is 12.8. The van der Waals surface area contributed by atoms with Gasteiger partial charge in [0.1, 0.15) is 29.7 Å². The minimum Gasteiger partial charge on any atom is -0.492 e. The largest absolute Gasteiger partial charge is 0.492 e. The number of benzene rings is 2. The molecule has 0 unspecified atom stereocenters. The molecular formula is C24H21FN2O5. The first-order valence-corrected chi connectivity index (χ1v) is 10.1. The Morgan fingerprint density at radius 1 is 1.09 bits per heavy atom. The lowest BCUT2D eigenvalue weighted by Gasteiger charge is -2.14. The number of rotatable bonds is 9. The number of carbonyl (C=O) groups excluding carboxylic acids is 1. The van der Waals surface area contributed by atoms with Crippen LogP contribution in [0.4, 0.5) is 10.2 Å². The van der Waals surface area contributed by atoms with E-state index in [0.717, 1.165) is 12.8 Å². The Bertz CT molecular complexity index is 1130. The van der Waals surface area contributed by atoms with Crippen LogP contribution < -0.4 is 14.8 Å². The molecular weight excluding hydrogens is 415 g/mol. The second-order valence-electron chi connectivity index (χ2n) is 7.52. The fraction of sp³-hybridized carbons (Fsp3) is 0.208. The van der Waals surface area contributed by atoms with Gasteiger partial charge < -0.3 is 19.9 Å². The first-order valence-electron chi connectivity index (χ1n) is 10.1. The Kier molecular flexibility index (Phi) is 6.30. The van der Waals surface area contributed by atoms with Crippen molar-refractivity contribution in [2.45, 2.75) is 19.4 Å². The minimum atomic E-state index is -1.10. The lowest BCUT2D eigenvalue weighted by molar-refractivity contribution is 0.0696. The fourth-order valence-corrected chi connectivity index (χ4v) is 2.97. The molecule has 0 aliphatic heterocycles. The lowest BCUT2D eigenvalue weighted by atomic mass is 10.1. The number of nitrogens with zero attached hydrogens (tertiary/aromatic N) is 1. The van der Waals surface area contributed by atoms with Gasteiger partial charge in [-0.1, -0.05) is 12.1 Å². The molecule has 1 aliphatic rings. The highest BCUT2D eigenvalue weighted by Crippen LogP contribution is 2.32. The number of aromatic carboxylic acids is 1. The molecule has 164 valence electrons. The predicted octanol–water partition coefficient (Wildman–Crippen LogP) is 4.54. The highest BCUT2D eigenvalue weighted by molar-refractivity contribution is 6.06. The molecule has 2 aromatic carbocycles. The van der Waals surface area contributed by atoms with E-state index >= 15 is 0 Å². The van der Waals surface area contributed by atoms with E-state index in [-0.39, 0.29) is 29.4 Å². The monoisotopic (exact) mass is 436 g/mol. The first kappa shape index (κ1) is 21.3. The maximum atomic E-state index is 13.4. The average molecular weight is 436 g/mol. The van der Waals surface area contributed by atoms with Crippen molar-refractivity contribution in [2.24, 2.45) is 5.92 Å². The Balaban J connectivity index is 1.51. The third-order valence-corrected chi connectivity index (χ3v) is 4.91. The third-order valence-electron chi connectivity index (χ3n) is 4.91. The maximum absolute atomic E-state index is 13.4. The molecule has 7 nitrogen and oxygen atoms in total. The van der Waals surface area contributed by atoms with Gasteiger partial charge in [0, 0.05) is 6.20 Å². The van der Waals surface area contributed by atoms with Gasteiger partial charge in [-0.3, -0.25) is 4.79 Å². The number of halogens is 1. The number of hydrogen-bond acceptors (Lipinski definition) is 5. The first-order chi connectivity index (χ1) is 15.5. The van der Waals surface area contributed by atoms with E-state index < -0.39 is 11.9 Å². The van der Waals surface area contributed by atoms with Gasteiger partial charge in [-0.05, 0) is 66.8 Å². The Morgan fingerprint density at radius 3 is 2.62 bits per heavy atom. The molecule has 8 heteroatoms. The molecule has 1 aromatic heterocycles. The van der Waals surface area contributed by atoms with Gasteiger partial charge in [-0.25, -0.2) is 14.2 Å². The van der Waals surface area contributed by atoms with Crippen molar-refractivity contribution in [3.63, 3.8) is 0 Å². The number of pyridine rings is 1. The van der Waals surface area contributed by atoms with Gasteiger partial charge in [0.25, 0.3) is 5.91 Å². The number of amides is 1. The van der Waals surface area contributed by atoms with E-state index in [1.807, 2.05) is 0 Å². The number of aromatic nitrogens is 1. The number of hydrogen-bond donors (Lipinski definition) is 2. The van der Waals surface area contributed by atoms with Crippen molar-refractivity contribution < 1.29 is 28.6 Å². The van der Waals surface area contributed by atoms with Crippen molar-refractivity contribution in [2.75, 3.05) is 11.9 Å². The summed E-state index contributed by atoms with van der Waals surface area (Å²) in [7, 11) is 0. The van der Waals surface area contributed by atoms with Gasteiger partial charge in [-0.15, -0.1) is 0 Å². The predicted molar refractivity (Wildman–Crippen MR) is 115 cm³/mol. The molecule has 0 radical (unpaired) electrons. The number of carboxylic acids is 1. The summed E-state index contributed by atoms with van der Waals surface area (Å²) >= 11 is 0. The summed E-state index contributed by atoms with van der Waals surface area (Å²) in [4.78, 5) is 27.9. The molecule has 1 aliphatic carbocycles. The van der Waals surface area contributed by atoms with Crippen LogP contribution in [-0.4, -0.2) is 28.6 Å². The van der Waals surface area contributed by atoms with Crippen LogP contribution in [0.2, 0.25) is 0 Å². The summed E-state index contributed by atoms with van der Waals surface area (Å²) < 4.78 is 25.0. The molecule has 1 heterocycles. The third kappa shape index (κ3) is 5.60. The lowest BCUT2D eigenvalue weighted by Crippen LogP contribution is -2.15. The van der Waals surface area contributed by atoms with E-state index in [1.54, 1.807) is 30.3 Å². The van der Waals surface area contributed by atoms with Crippen molar-refractivity contribution >= 4 is 17.7 Å². The number of ether oxygens (including phenoxy) is 2. The molecule has 1 amide bonds. The summed E-state index contributed by atoms with van der Waals surface area (Å²) in [6, 6.07) is 13.8. The van der Waals surface area contributed by atoms with E-state index in [2.05, 4.69) is 10.3 Å². The average Bonchev–Trinajstić information content (AvgIpc) is 3.61. The number of carbonyl (C=O) groups is 2. The topological polar surface area (TPSA) is 97.8 Å². The molecule has 0 spiro atoms. The minimum absolute atomic E-state index is 0.0178. The molecule has 0 bridgehead atoms. The SMILES string of the molecule is O=C(O)c1ccc(NC(=O)c2cc(OCc3cccc(F)c3)ccc2OCC2CC2)nc1. The summed E-state index contributed by atoms with van der Waals surface area (Å²) in [5.41, 5.74) is 0.934. The second kappa shape index (κ2) is 9.47. The van der Waals surface area contributed by atoms with Gasteiger partial charge in [0.15, 0.2) is 0 Å². The standard InChI is InChI=1S/C24H21FN2O5/c25-18-3-1-2-16(10-18)14-31-19-7-8-21(32-13-15-4-5-15)20(11-19)23(28)27-22-9-6-17(12-26-22)24(29)30/h1-3,6-12,15H,4-5,13-14H2,(H,29,30)(H,26,27,28). The highest BCUT2D eigenvalue weighted by Gasteiger charge is 2.23. The Hall–Kier alpha value is -3.94. The number of anilines is 1. The molecule has 3 aromatic rings. The van der Waals surface area contributed by atoms with Crippen LogP contribution in [-0.2, 0) is 6.61 Å². The van der Waals surface area contributed by atoms with Crippen LogP contribution in [0.3, 0.4) is 0 Å². The van der Waals surface area contributed by atoms with Crippen molar-refractivity contribution in [1.82, 2.24) is 4.98 Å². The summed E-state index contributed by atoms with van der Waals surface area (Å²) in [5.74, 6) is -0.380. The molecule has 2 N–H and O–H groups in total. The van der Waals surface area contributed by atoms with Gasteiger partial charge in [0.2, 0.25) is 0 Å². The van der Waals surface area contributed by atoms with Crippen LogP contribution in [0.25, 0.3) is 0 Å². The Labute approximate surface area is 183 Å². The maximum Gasteiger partial charge on any atom is 0.337 e. The molecule has 0 saturated heterocycles. The Morgan fingerprint density at radius 2 is 1.94 bits per heavy atom. The van der Waals surface area contributed by atoms with Gasteiger partial charge in [0.05, 0.1) is 17.7 Å². The zero-order chi connectivity index (χ0) is 22.5. The van der Waals surface area contributed by atoms with Gasteiger partial charge in [-0.2, -0.15) is 0 Å². The molecule has 1 fully saturated rings. The van der Waals surface area contributed by atoms with E-state index in [0.29, 0.717) is 29.6 Å². The van der Waals surface area contributed by atoms with Crippen LogP contribution >= 0.6 is 0 Å². The molecule has 4 rings (SSSR count). The quantitative estimate of drug-likeness (QED) is 0.511. The number of carboxylic acid groups (broad SMARTS) is 1. The van der Waals surface area contributed by atoms with E-state index in [4.69, 9.17) is 14.6 Å². The van der Waals surface area contributed by atoms with Crippen LogP contribution in [0.1, 0.15) is 39.1 Å². The van der Waals surface area contributed by atoms with Crippen LogP contribution in [0.5, 0.6) is 11.5 Å². The van der Waals surface area contributed by atoms with Crippen LogP contribution in [0.15, 0.2) is 60.8 Å². The van der Waals surface area contributed by atoms with E-state index in [1.165, 1.54) is 30.5 Å². The molecule has 1 saturated carbocycles. The smallest absolute Gasteiger partial charge is 0.337 e.